The van der Waals surface area contributed by atoms with Gasteiger partial charge in [-0.25, -0.2) is 9.97 Å². The van der Waals surface area contributed by atoms with E-state index in [1.807, 2.05) is 0 Å². The predicted octanol–water partition coefficient (Wildman–Crippen LogP) is 3.20. The number of halogens is 1. The molecule has 1 aromatic rings. The number of hydrogen-bond acceptors (Lipinski definition) is 3. The highest BCUT2D eigenvalue weighted by Gasteiger charge is 2.37. The van der Waals surface area contributed by atoms with Gasteiger partial charge in [0.25, 0.3) is 0 Å². The van der Waals surface area contributed by atoms with Crippen LogP contribution < -0.4 is 5.32 Å². The zero-order chi connectivity index (χ0) is 11.7. The van der Waals surface area contributed by atoms with E-state index in [2.05, 4.69) is 58.6 Å². The lowest BCUT2D eigenvalue weighted by Crippen LogP contribution is -2.09. The number of anilines is 1. The molecule has 1 saturated carbocycles. The third kappa shape index (κ3) is 2.31. The number of nitrogens with zero attached hydrogens (tertiary/aromatic N) is 2. The zero-order valence-corrected chi connectivity index (χ0v) is 12.2. The first-order valence-corrected chi connectivity index (χ1v) is 7.05. The van der Waals surface area contributed by atoms with Gasteiger partial charge >= 0.3 is 0 Å². The summed E-state index contributed by atoms with van der Waals surface area (Å²) in [5, 5.41) is 3.33. The van der Waals surface area contributed by atoms with Gasteiger partial charge in [-0.15, -0.1) is 0 Å². The fourth-order valence-corrected chi connectivity index (χ4v) is 2.69. The molecule has 1 aliphatic carbocycles. The Labute approximate surface area is 111 Å². The Balaban J connectivity index is 2.36. The standard InChI is InChI=1S/C12H18IN3/c1-4-9-10(13)12(14-5-2)16-11(15-9)8-6-7(8)3/h7-8H,4-6H2,1-3H3,(H,14,15,16). The third-order valence-corrected chi connectivity index (χ3v) is 4.19. The van der Waals surface area contributed by atoms with Gasteiger partial charge in [-0.05, 0) is 48.3 Å². The molecule has 1 aliphatic rings. The Bertz CT molecular complexity index is 392. The molecule has 0 bridgehead atoms. The van der Waals surface area contributed by atoms with Crippen LogP contribution in [0.5, 0.6) is 0 Å². The van der Waals surface area contributed by atoms with Crippen LogP contribution in [0, 0.1) is 9.49 Å². The monoisotopic (exact) mass is 331 g/mol. The largest absolute Gasteiger partial charge is 0.369 e. The Morgan fingerprint density at radius 3 is 2.56 bits per heavy atom. The Kier molecular flexibility index (Phi) is 3.66. The Morgan fingerprint density at radius 2 is 2.06 bits per heavy atom. The van der Waals surface area contributed by atoms with E-state index in [9.17, 15) is 0 Å². The van der Waals surface area contributed by atoms with Crippen molar-refractivity contribution in [2.24, 2.45) is 5.92 Å². The zero-order valence-electron chi connectivity index (χ0n) is 10.0. The van der Waals surface area contributed by atoms with Crippen molar-refractivity contribution >= 4 is 28.4 Å². The van der Waals surface area contributed by atoms with Crippen LogP contribution in [0.3, 0.4) is 0 Å². The first-order valence-electron chi connectivity index (χ1n) is 5.97. The third-order valence-electron chi connectivity index (χ3n) is 3.06. The molecule has 16 heavy (non-hydrogen) atoms. The topological polar surface area (TPSA) is 37.8 Å². The summed E-state index contributed by atoms with van der Waals surface area (Å²) in [5.74, 6) is 3.42. The van der Waals surface area contributed by atoms with E-state index in [1.165, 1.54) is 15.7 Å². The minimum absolute atomic E-state index is 0.597. The normalized spacial score (nSPS) is 23.2. The van der Waals surface area contributed by atoms with Gasteiger partial charge in [0, 0.05) is 12.5 Å². The van der Waals surface area contributed by atoms with Crippen molar-refractivity contribution in [3.63, 3.8) is 0 Å². The molecular weight excluding hydrogens is 313 g/mol. The Hall–Kier alpha value is -0.390. The molecule has 0 aliphatic heterocycles. The van der Waals surface area contributed by atoms with Crippen molar-refractivity contribution in [2.75, 3.05) is 11.9 Å². The second-order valence-electron chi connectivity index (χ2n) is 4.39. The highest BCUT2D eigenvalue weighted by Crippen LogP contribution is 2.45. The number of nitrogens with one attached hydrogen (secondary N) is 1. The van der Waals surface area contributed by atoms with Gasteiger partial charge in [0.1, 0.15) is 11.6 Å². The van der Waals surface area contributed by atoms with Gasteiger partial charge in [0.05, 0.1) is 9.26 Å². The van der Waals surface area contributed by atoms with E-state index in [0.717, 1.165) is 30.5 Å². The Morgan fingerprint density at radius 1 is 1.38 bits per heavy atom. The van der Waals surface area contributed by atoms with E-state index in [4.69, 9.17) is 0 Å². The van der Waals surface area contributed by atoms with Gasteiger partial charge in [-0.1, -0.05) is 13.8 Å². The molecule has 2 atom stereocenters. The lowest BCUT2D eigenvalue weighted by atomic mass is 10.2. The maximum atomic E-state index is 4.69. The van der Waals surface area contributed by atoms with Crippen molar-refractivity contribution in [3.8, 4) is 0 Å². The molecule has 0 amide bonds. The first-order chi connectivity index (χ1) is 7.67. The summed E-state index contributed by atoms with van der Waals surface area (Å²) in [6, 6.07) is 0. The number of rotatable bonds is 4. The second kappa shape index (κ2) is 4.85. The summed E-state index contributed by atoms with van der Waals surface area (Å²) in [7, 11) is 0. The van der Waals surface area contributed by atoms with Crippen LogP contribution in [-0.4, -0.2) is 16.5 Å². The molecule has 3 nitrogen and oxygen atoms in total. The molecule has 1 aromatic heterocycles. The van der Waals surface area contributed by atoms with Crippen molar-refractivity contribution < 1.29 is 0 Å². The van der Waals surface area contributed by atoms with Crippen LogP contribution in [-0.2, 0) is 6.42 Å². The fourth-order valence-electron chi connectivity index (χ4n) is 1.88. The quantitative estimate of drug-likeness (QED) is 0.861. The number of aromatic nitrogens is 2. The van der Waals surface area contributed by atoms with Crippen LogP contribution in [0.4, 0.5) is 5.82 Å². The smallest absolute Gasteiger partial charge is 0.143 e. The highest BCUT2D eigenvalue weighted by atomic mass is 127. The predicted molar refractivity (Wildman–Crippen MR) is 74.8 cm³/mol. The lowest BCUT2D eigenvalue weighted by molar-refractivity contribution is 0.816. The number of hydrogen-bond donors (Lipinski definition) is 1. The summed E-state index contributed by atoms with van der Waals surface area (Å²) in [5.41, 5.74) is 1.18. The van der Waals surface area contributed by atoms with E-state index in [-0.39, 0.29) is 0 Å². The van der Waals surface area contributed by atoms with Crippen LogP contribution in [0.1, 0.15) is 44.6 Å². The minimum atomic E-state index is 0.597. The highest BCUT2D eigenvalue weighted by molar-refractivity contribution is 14.1. The average molecular weight is 331 g/mol. The van der Waals surface area contributed by atoms with Gasteiger partial charge < -0.3 is 5.32 Å². The minimum Gasteiger partial charge on any atom is -0.369 e. The maximum Gasteiger partial charge on any atom is 0.143 e. The van der Waals surface area contributed by atoms with E-state index in [1.54, 1.807) is 0 Å². The summed E-state index contributed by atoms with van der Waals surface area (Å²) < 4.78 is 1.18. The van der Waals surface area contributed by atoms with Gasteiger partial charge in [-0.2, -0.15) is 0 Å². The van der Waals surface area contributed by atoms with Gasteiger partial charge in [-0.3, -0.25) is 0 Å². The molecule has 0 saturated heterocycles. The van der Waals surface area contributed by atoms with Gasteiger partial charge in [0.2, 0.25) is 0 Å². The summed E-state index contributed by atoms with van der Waals surface area (Å²) >= 11 is 2.34. The van der Waals surface area contributed by atoms with Crippen molar-refractivity contribution in [2.45, 2.75) is 39.5 Å². The molecule has 0 aromatic carbocycles. The second-order valence-corrected chi connectivity index (χ2v) is 5.47. The van der Waals surface area contributed by atoms with Gasteiger partial charge in [0.15, 0.2) is 0 Å². The molecule has 2 unspecified atom stereocenters. The van der Waals surface area contributed by atoms with E-state index < -0.39 is 0 Å². The van der Waals surface area contributed by atoms with Crippen molar-refractivity contribution in [1.82, 2.24) is 9.97 Å². The lowest BCUT2D eigenvalue weighted by Gasteiger charge is -2.11. The summed E-state index contributed by atoms with van der Waals surface area (Å²) in [6.45, 7) is 7.43. The van der Waals surface area contributed by atoms with Crippen LogP contribution in [0.2, 0.25) is 0 Å². The molecule has 0 radical (unpaired) electrons. The van der Waals surface area contributed by atoms with E-state index in [0.29, 0.717) is 5.92 Å². The molecular formula is C12H18IN3. The number of aryl methyl sites for hydroxylation is 1. The molecule has 1 fully saturated rings. The summed E-state index contributed by atoms with van der Waals surface area (Å²) in [6.07, 6.45) is 2.22. The molecule has 2 rings (SSSR count). The molecule has 1 N–H and O–H groups in total. The van der Waals surface area contributed by atoms with Crippen molar-refractivity contribution in [1.29, 1.82) is 0 Å². The van der Waals surface area contributed by atoms with E-state index >= 15 is 0 Å². The summed E-state index contributed by atoms with van der Waals surface area (Å²) in [4.78, 5) is 9.34. The molecule has 88 valence electrons. The molecule has 4 heteroatoms. The van der Waals surface area contributed by atoms with Crippen LogP contribution in [0.25, 0.3) is 0 Å². The fraction of sp³-hybridized carbons (Fsp3) is 0.667. The molecule has 1 heterocycles. The maximum absolute atomic E-state index is 4.69. The van der Waals surface area contributed by atoms with Crippen LogP contribution in [0.15, 0.2) is 0 Å². The average Bonchev–Trinajstić information content (AvgIpc) is 2.99. The SMILES string of the molecule is CCNc1nc(C2CC2C)nc(CC)c1I. The van der Waals surface area contributed by atoms with Crippen LogP contribution >= 0.6 is 22.6 Å². The van der Waals surface area contributed by atoms with Crippen molar-refractivity contribution in [3.05, 3.63) is 15.1 Å². The first kappa shape index (κ1) is 12.1. The molecule has 0 spiro atoms.